The first kappa shape index (κ1) is 25.2. The molecule has 1 heterocycles. The van der Waals surface area contributed by atoms with Gasteiger partial charge in [-0.25, -0.2) is 8.42 Å². The lowest BCUT2D eigenvalue weighted by atomic mass is 10.0. The topological polar surface area (TPSA) is 75.7 Å². The van der Waals surface area contributed by atoms with Crippen LogP contribution in [0, 0.1) is 0 Å². The summed E-state index contributed by atoms with van der Waals surface area (Å²) in [5.41, 5.74) is 3.34. The number of nitrogens with one attached hydrogen (secondary N) is 1. The number of rotatable bonds is 11. The quantitative estimate of drug-likeness (QED) is 0.495. The summed E-state index contributed by atoms with van der Waals surface area (Å²) in [4.78, 5) is 12.6. The van der Waals surface area contributed by atoms with Crippen molar-refractivity contribution in [3.63, 3.8) is 0 Å². The fraction of sp³-hybridized carbons (Fsp3) is 0.500. The number of carbonyl (C=O) groups is 1. The van der Waals surface area contributed by atoms with E-state index in [0.717, 1.165) is 31.2 Å². The van der Waals surface area contributed by atoms with Crippen LogP contribution >= 0.6 is 0 Å². The Labute approximate surface area is 198 Å². The first-order chi connectivity index (χ1) is 15.8. The minimum absolute atomic E-state index is 0.0417. The van der Waals surface area contributed by atoms with Gasteiger partial charge in [-0.1, -0.05) is 38.1 Å². The van der Waals surface area contributed by atoms with Gasteiger partial charge in [0.1, 0.15) is 5.75 Å². The zero-order chi connectivity index (χ0) is 23.8. The fourth-order valence-electron chi connectivity index (χ4n) is 4.11. The van der Waals surface area contributed by atoms with E-state index in [1.54, 1.807) is 25.3 Å². The van der Waals surface area contributed by atoms with Crippen LogP contribution in [0.25, 0.3) is 0 Å². The summed E-state index contributed by atoms with van der Waals surface area (Å²) in [6.45, 7) is 6.11. The molecule has 6 nitrogen and oxygen atoms in total. The van der Waals surface area contributed by atoms with Crippen molar-refractivity contribution < 1.29 is 17.9 Å². The van der Waals surface area contributed by atoms with Crippen LogP contribution in [0.2, 0.25) is 0 Å². The lowest BCUT2D eigenvalue weighted by molar-refractivity contribution is -0.121. The van der Waals surface area contributed by atoms with E-state index >= 15 is 0 Å². The molecule has 2 aromatic rings. The number of methoxy groups -OCH3 is 1. The Morgan fingerprint density at radius 2 is 1.76 bits per heavy atom. The molecule has 180 valence electrons. The summed E-state index contributed by atoms with van der Waals surface area (Å²) in [6, 6.07) is 13.6. The van der Waals surface area contributed by atoms with Crippen molar-refractivity contribution in [2.45, 2.75) is 63.2 Å². The van der Waals surface area contributed by atoms with Crippen molar-refractivity contribution in [3.05, 3.63) is 59.2 Å². The maximum atomic E-state index is 12.9. The van der Waals surface area contributed by atoms with Crippen LogP contribution < -0.4 is 10.1 Å². The van der Waals surface area contributed by atoms with Gasteiger partial charge in [-0.15, -0.1) is 0 Å². The lowest BCUT2D eigenvalue weighted by Gasteiger charge is -2.17. The maximum absolute atomic E-state index is 12.9. The van der Waals surface area contributed by atoms with Gasteiger partial charge in [0.05, 0.1) is 12.0 Å². The first-order valence-electron chi connectivity index (χ1n) is 11.8. The van der Waals surface area contributed by atoms with Crippen LogP contribution in [-0.2, 0) is 27.7 Å². The van der Waals surface area contributed by atoms with Gasteiger partial charge < -0.3 is 10.1 Å². The molecule has 1 amide bonds. The largest absolute Gasteiger partial charge is 0.496 e. The molecular formula is C26H36N2O4S. The van der Waals surface area contributed by atoms with Crippen LogP contribution in [0.1, 0.15) is 62.1 Å². The molecule has 33 heavy (non-hydrogen) atoms. The molecule has 0 spiro atoms. The zero-order valence-electron chi connectivity index (χ0n) is 20.0. The highest BCUT2D eigenvalue weighted by molar-refractivity contribution is 7.89. The molecule has 7 heteroatoms. The van der Waals surface area contributed by atoms with Crippen molar-refractivity contribution in [1.82, 2.24) is 9.62 Å². The Hall–Kier alpha value is -2.38. The number of carbonyl (C=O) groups excluding carboxylic acids is 1. The normalized spacial score (nSPS) is 14.5. The Kier molecular flexibility index (Phi) is 8.92. The molecule has 1 aliphatic heterocycles. The molecule has 0 aliphatic carbocycles. The Morgan fingerprint density at radius 3 is 2.39 bits per heavy atom. The van der Waals surface area contributed by atoms with E-state index in [9.17, 15) is 13.2 Å². The first-order valence-corrected chi connectivity index (χ1v) is 13.3. The number of hydrogen-bond acceptors (Lipinski definition) is 4. The second kappa shape index (κ2) is 11.7. The molecule has 0 saturated carbocycles. The van der Waals surface area contributed by atoms with Gasteiger partial charge in [-0.05, 0) is 72.9 Å². The molecule has 0 atom stereocenters. The number of benzene rings is 2. The van der Waals surface area contributed by atoms with E-state index in [4.69, 9.17) is 4.74 Å². The van der Waals surface area contributed by atoms with E-state index in [1.165, 1.54) is 15.4 Å². The highest BCUT2D eigenvalue weighted by atomic mass is 32.2. The molecule has 3 rings (SSSR count). The Morgan fingerprint density at radius 1 is 1.06 bits per heavy atom. The summed E-state index contributed by atoms with van der Waals surface area (Å²) < 4.78 is 32.7. The minimum Gasteiger partial charge on any atom is -0.496 e. The molecule has 1 aliphatic rings. The molecule has 0 aromatic heterocycles. The minimum atomic E-state index is -3.50. The van der Waals surface area contributed by atoms with E-state index in [1.807, 2.05) is 0 Å². The molecular weight excluding hydrogens is 436 g/mol. The van der Waals surface area contributed by atoms with E-state index < -0.39 is 10.0 Å². The fourth-order valence-corrected chi connectivity index (χ4v) is 5.68. The second-order valence-electron chi connectivity index (χ2n) is 8.93. The van der Waals surface area contributed by atoms with Crippen LogP contribution in [0.15, 0.2) is 47.4 Å². The Balaban J connectivity index is 1.49. The molecule has 1 N–H and O–H groups in total. The summed E-state index contributed by atoms with van der Waals surface area (Å²) in [5, 5.41) is 2.97. The summed E-state index contributed by atoms with van der Waals surface area (Å²) in [7, 11) is -1.94. The van der Waals surface area contributed by atoms with Crippen molar-refractivity contribution in [2.75, 3.05) is 26.7 Å². The highest BCUT2D eigenvalue weighted by Gasteiger charge is 2.27. The SMILES string of the molecule is COc1ccc(S(=O)(=O)N2CCCC2)cc1CCC(=O)NCCCc1ccc(C(C)C)cc1. The standard InChI is InChI=1S/C26H36N2O4S/c1-20(2)22-10-8-21(9-11-22)7-6-16-27-26(29)15-12-23-19-24(13-14-25(23)32-3)33(30,31)28-17-4-5-18-28/h8-11,13-14,19-20H,4-7,12,15-18H2,1-3H3,(H,27,29). The predicted octanol–water partition coefficient (Wildman–Crippen LogP) is 4.28. The number of aryl methyl sites for hydroxylation is 2. The lowest BCUT2D eigenvalue weighted by Crippen LogP contribution is -2.28. The van der Waals surface area contributed by atoms with Crippen LogP contribution in [0.3, 0.4) is 0 Å². The zero-order valence-corrected chi connectivity index (χ0v) is 20.8. The molecule has 1 fully saturated rings. The van der Waals surface area contributed by atoms with Gasteiger partial charge in [0.2, 0.25) is 15.9 Å². The van der Waals surface area contributed by atoms with Crippen molar-refractivity contribution in [1.29, 1.82) is 0 Å². The summed E-state index contributed by atoms with van der Waals surface area (Å²) in [5.74, 6) is 1.09. The van der Waals surface area contributed by atoms with Gasteiger partial charge in [0.15, 0.2) is 0 Å². The molecule has 2 aromatic carbocycles. The number of amides is 1. The third-order valence-electron chi connectivity index (χ3n) is 6.19. The number of sulfonamides is 1. The Bertz CT molecular complexity index is 1030. The van der Waals surface area contributed by atoms with Gasteiger partial charge >= 0.3 is 0 Å². The molecule has 1 saturated heterocycles. The van der Waals surface area contributed by atoms with Crippen molar-refractivity contribution in [2.24, 2.45) is 0 Å². The average molecular weight is 473 g/mol. The van der Waals surface area contributed by atoms with Crippen molar-refractivity contribution in [3.8, 4) is 5.75 Å². The smallest absolute Gasteiger partial charge is 0.243 e. The third kappa shape index (κ3) is 6.81. The van der Waals surface area contributed by atoms with E-state index in [-0.39, 0.29) is 17.2 Å². The monoisotopic (exact) mass is 472 g/mol. The van der Waals surface area contributed by atoms with Crippen LogP contribution in [0.4, 0.5) is 0 Å². The van der Waals surface area contributed by atoms with Crippen LogP contribution in [-0.4, -0.2) is 45.4 Å². The van der Waals surface area contributed by atoms with E-state index in [2.05, 4.69) is 43.4 Å². The maximum Gasteiger partial charge on any atom is 0.243 e. The molecule has 0 radical (unpaired) electrons. The average Bonchev–Trinajstić information content (AvgIpc) is 3.36. The number of nitrogens with zero attached hydrogens (tertiary/aromatic N) is 1. The summed E-state index contributed by atoms with van der Waals surface area (Å²) in [6.07, 6.45) is 4.29. The van der Waals surface area contributed by atoms with Gasteiger partial charge in [-0.2, -0.15) is 4.31 Å². The number of ether oxygens (including phenoxy) is 1. The van der Waals surface area contributed by atoms with Gasteiger partial charge in [0, 0.05) is 26.1 Å². The highest BCUT2D eigenvalue weighted by Crippen LogP contribution is 2.27. The van der Waals surface area contributed by atoms with Gasteiger partial charge in [0.25, 0.3) is 0 Å². The van der Waals surface area contributed by atoms with Gasteiger partial charge in [-0.3, -0.25) is 4.79 Å². The second-order valence-corrected chi connectivity index (χ2v) is 10.9. The van der Waals surface area contributed by atoms with Crippen LogP contribution in [0.5, 0.6) is 5.75 Å². The summed E-state index contributed by atoms with van der Waals surface area (Å²) >= 11 is 0. The molecule has 0 unspecified atom stereocenters. The predicted molar refractivity (Wildman–Crippen MR) is 131 cm³/mol. The van der Waals surface area contributed by atoms with Crippen molar-refractivity contribution >= 4 is 15.9 Å². The third-order valence-corrected chi connectivity index (χ3v) is 8.08. The van der Waals surface area contributed by atoms with E-state index in [0.29, 0.717) is 37.7 Å². The molecule has 0 bridgehead atoms. The number of hydrogen-bond donors (Lipinski definition) is 1.